The van der Waals surface area contributed by atoms with Gasteiger partial charge in [-0.1, -0.05) is 44.0 Å². The second kappa shape index (κ2) is 7.88. The normalized spacial score (nSPS) is 33.9. The van der Waals surface area contributed by atoms with E-state index >= 15 is 0 Å². The maximum absolute atomic E-state index is 13.1. The lowest BCUT2D eigenvalue weighted by Gasteiger charge is -2.53. The van der Waals surface area contributed by atoms with E-state index in [1.165, 1.54) is 11.1 Å². The second-order valence-corrected chi connectivity index (χ2v) is 12.1. The van der Waals surface area contributed by atoms with E-state index in [0.717, 1.165) is 44.1 Å². The van der Waals surface area contributed by atoms with E-state index in [-0.39, 0.29) is 16.4 Å². The van der Waals surface area contributed by atoms with E-state index in [0.29, 0.717) is 29.4 Å². The molecule has 2 aromatic carbocycles. The molecule has 0 saturated heterocycles. The van der Waals surface area contributed by atoms with Crippen LogP contribution in [0.15, 0.2) is 47.4 Å². The number of hydrogen-bond acceptors (Lipinski definition) is 4. The fourth-order valence-corrected chi connectivity index (χ4v) is 8.41. The summed E-state index contributed by atoms with van der Waals surface area (Å²) in [5, 5.41) is 10.0. The molecule has 1 N–H and O–H groups in total. The number of fused-ring (bicyclic) bond motifs is 5. The topological polar surface area (TPSA) is 63.6 Å². The van der Waals surface area contributed by atoms with Crippen molar-refractivity contribution in [1.82, 2.24) is 0 Å². The first-order chi connectivity index (χ1) is 15.2. The van der Waals surface area contributed by atoms with Gasteiger partial charge in [0.05, 0.1) is 11.0 Å². The zero-order valence-electron chi connectivity index (χ0n) is 19.3. The highest BCUT2D eigenvalue weighted by Crippen LogP contribution is 2.63. The first-order valence-electron chi connectivity index (χ1n) is 12.0. The summed E-state index contributed by atoms with van der Waals surface area (Å²) in [5.41, 5.74) is 3.61. The van der Waals surface area contributed by atoms with Crippen LogP contribution < -0.4 is 0 Å². The molecule has 5 rings (SSSR count). The summed E-state index contributed by atoms with van der Waals surface area (Å²) >= 11 is 0. The summed E-state index contributed by atoms with van der Waals surface area (Å²) in [6.07, 6.45) is 5.69. The first-order valence-corrected chi connectivity index (χ1v) is 13.5. The minimum absolute atomic E-state index is 0.124. The lowest BCUT2D eigenvalue weighted by Crippen LogP contribution is -2.48. The van der Waals surface area contributed by atoms with Crippen molar-refractivity contribution in [1.29, 1.82) is 0 Å². The van der Waals surface area contributed by atoms with E-state index in [1.54, 1.807) is 12.1 Å². The zero-order valence-corrected chi connectivity index (χ0v) is 20.1. The molecule has 0 aliphatic heterocycles. The Balaban J connectivity index is 1.44. The van der Waals surface area contributed by atoms with Crippen LogP contribution in [0.4, 0.5) is 0 Å². The number of benzene rings is 2. The van der Waals surface area contributed by atoms with Gasteiger partial charge in [-0.15, -0.1) is 0 Å². The Bertz CT molecular complexity index is 1110. The van der Waals surface area contributed by atoms with Gasteiger partial charge < -0.3 is 5.11 Å². The number of phenols is 1. The quantitative estimate of drug-likeness (QED) is 0.578. The molecule has 6 atom stereocenters. The number of hydrogen-bond donors (Lipinski definition) is 1. The molecule has 0 spiro atoms. The second-order valence-electron chi connectivity index (χ2n) is 10.5. The van der Waals surface area contributed by atoms with Gasteiger partial charge in [-0.2, -0.15) is 8.42 Å². The highest BCUT2D eigenvalue weighted by atomic mass is 32.2. The van der Waals surface area contributed by atoms with Crippen molar-refractivity contribution in [3.05, 3.63) is 59.2 Å². The molecule has 3 aliphatic carbocycles. The molecule has 0 heterocycles. The highest BCUT2D eigenvalue weighted by molar-refractivity contribution is 7.86. The van der Waals surface area contributed by atoms with E-state index in [1.807, 2.05) is 31.2 Å². The molecular weight excluding hydrogens is 420 g/mol. The van der Waals surface area contributed by atoms with Crippen molar-refractivity contribution >= 4 is 10.1 Å². The third-order valence-electron chi connectivity index (χ3n) is 8.88. The lowest BCUT2D eigenvalue weighted by atomic mass is 9.52. The van der Waals surface area contributed by atoms with Gasteiger partial charge >= 0.3 is 0 Å². The molecule has 172 valence electrons. The molecule has 0 aromatic heterocycles. The number of aromatic hydroxyl groups is 1. The first kappa shape index (κ1) is 22.0. The SMILES string of the molecule is CC[C@@H]1Cc2cc(O)ccc2C2CC[C@@]3(C)C(CC[C@@H]3OS(=O)(=O)c3ccc(C)cc3)C21. The zero-order chi connectivity index (χ0) is 22.7. The Hall–Kier alpha value is -1.85. The Morgan fingerprint density at radius 3 is 2.56 bits per heavy atom. The summed E-state index contributed by atoms with van der Waals surface area (Å²) in [4.78, 5) is 0.252. The van der Waals surface area contributed by atoms with Crippen molar-refractivity contribution in [3.8, 4) is 5.75 Å². The summed E-state index contributed by atoms with van der Waals surface area (Å²) < 4.78 is 32.1. The Morgan fingerprint density at radius 1 is 1.09 bits per heavy atom. The summed E-state index contributed by atoms with van der Waals surface area (Å²) in [5.74, 6) is 2.42. The fraction of sp³-hybridized carbons (Fsp3) is 0.556. The maximum Gasteiger partial charge on any atom is 0.297 e. The van der Waals surface area contributed by atoms with Gasteiger partial charge in [-0.3, -0.25) is 4.18 Å². The molecule has 0 radical (unpaired) electrons. The van der Waals surface area contributed by atoms with Crippen LogP contribution in [0.1, 0.15) is 68.6 Å². The predicted molar refractivity (Wildman–Crippen MR) is 125 cm³/mol. The monoisotopic (exact) mass is 454 g/mol. The van der Waals surface area contributed by atoms with Crippen molar-refractivity contribution in [2.75, 3.05) is 0 Å². The number of aryl methyl sites for hydroxylation is 1. The molecule has 2 fully saturated rings. The van der Waals surface area contributed by atoms with Crippen LogP contribution in [0.25, 0.3) is 0 Å². The highest BCUT2D eigenvalue weighted by Gasteiger charge is 2.58. The van der Waals surface area contributed by atoms with Gasteiger partial charge in [0.25, 0.3) is 10.1 Å². The molecule has 4 nitrogen and oxygen atoms in total. The van der Waals surface area contributed by atoms with Crippen LogP contribution in [0.2, 0.25) is 0 Å². The van der Waals surface area contributed by atoms with Gasteiger partial charge in [-0.25, -0.2) is 0 Å². The van der Waals surface area contributed by atoms with E-state index in [2.05, 4.69) is 19.9 Å². The Kier molecular flexibility index (Phi) is 5.41. The molecule has 3 unspecified atom stereocenters. The Labute approximate surface area is 192 Å². The maximum atomic E-state index is 13.1. The largest absolute Gasteiger partial charge is 0.508 e. The third-order valence-corrected chi connectivity index (χ3v) is 10.2. The van der Waals surface area contributed by atoms with E-state index in [4.69, 9.17) is 4.18 Å². The van der Waals surface area contributed by atoms with E-state index < -0.39 is 10.1 Å². The molecule has 2 saturated carbocycles. The van der Waals surface area contributed by atoms with Gasteiger partial charge in [0.1, 0.15) is 5.75 Å². The summed E-state index contributed by atoms with van der Waals surface area (Å²) in [6, 6.07) is 12.9. The average Bonchev–Trinajstić information content (AvgIpc) is 3.08. The molecule has 3 aliphatic rings. The minimum atomic E-state index is -3.78. The smallest absolute Gasteiger partial charge is 0.297 e. The molecule has 0 bridgehead atoms. The number of rotatable bonds is 4. The van der Waals surface area contributed by atoms with Crippen molar-refractivity contribution in [3.63, 3.8) is 0 Å². The predicted octanol–water partition coefficient (Wildman–Crippen LogP) is 5.97. The van der Waals surface area contributed by atoms with Crippen LogP contribution in [0.3, 0.4) is 0 Å². The van der Waals surface area contributed by atoms with Crippen LogP contribution in [-0.2, 0) is 20.7 Å². The third kappa shape index (κ3) is 3.49. The average molecular weight is 455 g/mol. The van der Waals surface area contributed by atoms with Crippen molar-refractivity contribution in [2.24, 2.45) is 23.2 Å². The summed E-state index contributed by atoms with van der Waals surface area (Å²) in [6.45, 7) is 6.49. The number of phenolic OH excluding ortho intramolecular Hbond substituents is 1. The standard InChI is InChI=1S/C27H34O4S/c1-4-18-15-19-16-20(28)7-10-22(19)23-13-14-27(3)24(26(18)23)11-12-25(27)31-32(29,30)21-8-5-17(2)6-9-21/h5-10,16,18,23-26,28H,4,11-15H2,1-3H3/t18-,23?,24?,25+,26?,27+/m1/s1. The van der Waals surface area contributed by atoms with Crippen molar-refractivity contribution < 1.29 is 17.7 Å². The van der Waals surface area contributed by atoms with Gasteiger partial charge in [-0.05, 0) is 104 Å². The fourth-order valence-electron chi connectivity index (χ4n) is 7.20. The molecular formula is C27H34O4S. The molecule has 0 amide bonds. The van der Waals surface area contributed by atoms with Crippen LogP contribution >= 0.6 is 0 Å². The molecule has 32 heavy (non-hydrogen) atoms. The van der Waals surface area contributed by atoms with Crippen LogP contribution in [0, 0.1) is 30.1 Å². The van der Waals surface area contributed by atoms with Gasteiger partial charge in [0.2, 0.25) is 0 Å². The van der Waals surface area contributed by atoms with Gasteiger partial charge in [0.15, 0.2) is 0 Å². The minimum Gasteiger partial charge on any atom is -0.508 e. The lowest BCUT2D eigenvalue weighted by molar-refractivity contribution is -0.0267. The van der Waals surface area contributed by atoms with Gasteiger partial charge in [0, 0.05) is 0 Å². The van der Waals surface area contributed by atoms with E-state index in [9.17, 15) is 13.5 Å². The summed E-state index contributed by atoms with van der Waals surface area (Å²) in [7, 11) is -3.78. The van der Waals surface area contributed by atoms with Crippen LogP contribution in [0.5, 0.6) is 5.75 Å². The Morgan fingerprint density at radius 2 is 1.84 bits per heavy atom. The molecule has 5 heteroatoms. The molecule has 2 aromatic rings. The van der Waals surface area contributed by atoms with Crippen molar-refractivity contribution in [2.45, 2.75) is 76.2 Å². The van der Waals surface area contributed by atoms with Crippen LogP contribution in [-0.4, -0.2) is 19.6 Å².